The summed E-state index contributed by atoms with van der Waals surface area (Å²) in [6, 6.07) is 0. The second-order valence-corrected chi connectivity index (χ2v) is 9.56. The first-order valence-electron chi connectivity index (χ1n) is 10.0. The zero-order chi connectivity index (χ0) is 17.8. The maximum absolute atomic E-state index is 10.5. The molecule has 0 aromatic rings. The molecule has 0 heterocycles. The predicted molar refractivity (Wildman–Crippen MR) is 107 cm³/mol. The summed E-state index contributed by atoms with van der Waals surface area (Å²) in [6.45, 7) is 1.12. The van der Waals surface area contributed by atoms with Crippen molar-refractivity contribution in [2.24, 2.45) is 23.7 Å². The summed E-state index contributed by atoms with van der Waals surface area (Å²) in [5, 5.41) is 23.2. The molecule has 0 aliphatic heterocycles. The summed E-state index contributed by atoms with van der Waals surface area (Å²) in [7, 11) is 4.23. The number of fused-ring (bicyclic) bond motifs is 1. The summed E-state index contributed by atoms with van der Waals surface area (Å²) in [6.07, 6.45) is 11.7. The van der Waals surface area contributed by atoms with Crippen molar-refractivity contribution >= 4 is 11.8 Å². The van der Waals surface area contributed by atoms with Crippen LogP contribution in [-0.4, -0.2) is 53.7 Å². The number of rotatable bonds is 7. The normalized spacial score (nSPS) is 36.1. The van der Waals surface area contributed by atoms with E-state index >= 15 is 0 Å². The number of hydrogen-bond donors (Lipinski definition) is 2. The fourth-order valence-corrected chi connectivity index (χ4v) is 6.00. The monoisotopic (exact) mass is 365 g/mol. The van der Waals surface area contributed by atoms with Crippen LogP contribution in [0.3, 0.4) is 0 Å². The number of thioether (sulfide) groups is 1. The van der Waals surface area contributed by atoms with Gasteiger partial charge in [0, 0.05) is 18.2 Å². The third-order valence-corrected chi connectivity index (χ3v) is 7.35. The Kier molecular flexibility index (Phi) is 7.07. The topological polar surface area (TPSA) is 43.7 Å². The molecular formula is C21H35NO2S. The molecule has 0 saturated heterocycles. The molecule has 0 spiro atoms. The molecule has 3 aliphatic carbocycles. The van der Waals surface area contributed by atoms with Crippen molar-refractivity contribution in [1.82, 2.24) is 4.90 Å². The zero-order valence-electron chi connectivity index (χ0n) is 15.8. The molecule has 0 radical (unpaired) electrons. The molecule has 4 heteroatoms. The first kappa shape index (κ1) is 19.5. The van der Waals surface area contributed by atoms with Crippen LogP contribution in [0.2, 0.25) is 0 Å². The number of allylic oxidation sites excluding steroid dienone is 1. The molecule has 3 rings (SSSR count). The van der Waals surface area contributed by atoms with Crippen LogP contribution in [0.1, 0.15) is 44.9 Å². The maximum atomic E-state index is 10.5. The van der Waals surface area contributed by atoms with E-state index < -0.39 is 0 Å². The fourth-order valence-electron chi connectivity index (χ4n) is 4.98. The molecule has 0 aromatic carbocycles. The van der Waals surface area contributed by atoms with Gasteiger partial charge in [0.25, 0.3) is 0 Å². The van der Waals surface area contributed by atoms with Crippen LogP contribution in [0.4, 0.5) is 0 Å². The Labute approximate surface area is 157 Å². The highest BCUT2D eigenvalue weighted by molar-refractivity contribution is 8.02. The van der Waals surface area contributed by atoms with Crippen molar-refractivity contribution in [1.29, 1.82) is 0 Å². The van der Waals surface area contributed by atoms with E-state index in [-0.39, 0.29) is 18.1 Å². The molecular weight excluding hydrogens is 330 g/mol. The van der Waals surface area contributed by atoms with E-state index in [1.807, 2.05) is 17.8 Å². The van der Waals surface area contributed by atoms with Crippen molar-refractivity contribution < 1.29 is 10.2 Å². The average molecular weight is 366 g/mol. The van der Waals surface area contributed by atoms with Gasteiger partial charge in [0.15, 0.2) is 0 Å². The minimum absolute atomic E-state index is 0.218. The van der Waals surface area contributed by atoms with Crippen molar-refractivity contribution in [3.8, 4) is 0 Å². The molecule has 0 unspecified atom stereocenters. The Morgan fingerprint density at radius 3 is 2.72 bits per heavy atom. The molecule has 25 heavy (non-hydrogen) atoms. The Morgan fingerprint density at radius 1 is 1.24 bits per heavy atom. The summed E-state index contributed by atoms with van der Waals surface area (Å²) in [5.74, 6) is 3.03. The van der Waals surface area contributed by atoms with Gasteiger partial charge in [0.2, 0.25) is 0 Å². The molecule has 5 atom stereocenters. The first-order chi connectivity index (χ1) is 12.0. The minimum Gasteiger partial charge on any atom is -0.392 e. The van der Waals surface area contributed by atoms with Crippen LogP contribution in [0.5, 0.6) is 0 Å². The highest BCUT2D eigenvalue weighted by Gasteiger charge is 2.45. The minimum atomic E-state index is -0.313. The van der Waals surface area contributed by atoms with Gasteiger partial charge < -0.3 is 15.1 Å². The lowest BCUT2D eigenvalue weighted by molar-refractivity contribution is 0.135. The standard InChI is InChI=1S/C21H35NO2S/c1-22(2)9-10-25-14-15-11-17-13-21(24)18(19(17)12-15)7-8-20(23)16-5-3-4-6-16/h7-8,14,16-21,23-24H,3-6,9-13H2,1-2H3/b8-7+,15-14+/t17-,18+,19-,20+,21+/m0/s1. The van der Waals surface area contributed by atoms with E-state index in [0.29, 0.717) is 17.8 Å². The van der Waals surface area contributed by atoms with Gasteiger partial charge in [-0.2, -0.15) is 0 Å². The van der Waals surface area contributed by atoms with Crippen molar-refractivity contribution in [2.75, 3.05) is 26.4 Å². The highest BCUT2D eigenvalue weighted by atomic mass is 32.2. The van der Waals surface area contributed by atoms with E-state index in [2.05, 4.69) is 30.5 Å². The molecule has 0 amide bonds. The smallest absolute Gasteiger partial charge is 0.0749 e. The van der Waals surface area contributed by atoms with Crippen molar-refractivity contribution in [2.45, 2.75) is 57.2 Å². The Hall–Kier alpha value is -0.290. The summed E-state index contributed by atoms with van der Waals surface area (Å²) in [5.41, 5.74) is 1.57. The third kappa shape index (κ3) is 5.12. The highest BCUT2D eigenvalue weighted by Crippen LogP contribution is 2.50. The molecule has 2 N–H and O–H groups in total. The number of aliphatic hydroxyl groups is 2. The van der Waals surface area contributed by atoms with E-state index in [4.69, 9.17) is 0 Å². The predicted octanol–water partition coefficient (Wildman–Crippen LogP) is 3.68. The lowest BCUT2D eigenvalue weighted by Gasteiger charge is -2.19. The van der Waals surface area contributed by atoms with Crippen LogP contribution < -0.4 is 0 Å². The number of hydrogen-bond acceptors (Lipinski definition) is 4. The van der Waals surface area contributed by atoms with Crippen LogP contribution in [0.15, 0.2) is 23.1 Å². The third-order valence-electron chi connectivity index (χ3n) is 6.43. The van der Waals surface area contributed by atoms with Gasteiger partial charge in [-0.25, -0.2) is 0 Å². The molecule has 0 bridgehead atoms. The van der Waals surface area contributed by atoms with Gasteiger partial charge in [-0.3, -0.25) is 0 Å². The SMILES string of the molecule is CN(C)CCS/C=C1\C[C@H]2C[C@@H](O)[C@H](/C=C/[C@@H](O)C3CCCC3)[C@H]2C1. The quantitative estimate of drug-likeness (QED) is 0.534. The molecule has 3 fully saturated rings. The van der Waals surface area contributed by atoms with Crippen molar-refractivity contribution in [3.05, 3.63) is 23.1 Å². The van der Waals surface area contributed by atoms with Crippen LogP contribution in [0.25, 0.3) is 0 Å². The number of aliphatic hydroxyl groups excluding tert-OH is 2. The number of nitrogens with zero attached hydrogens (tertiary/aromatic N) is 1. The average Bonchev–Trinajstić information content (AvgIpc) is 3.26. The van der Waals surface area contributed by atoms with Gasteiger partial charge in [-0.1, -0.05) is 30.6 Å². The van der Waals surface area contributed by atoms with Gasteiger partial charge in [-0.05, 0) is 69.4 Å². The molecule has 3 aliphatic rings. The molecule has 3 nitrogen and oxygen atoms in total. The lowest BCUT2D eigenvalue weighted by Crippen LogP contribution is -2.19. The zero-order valence-corrected chi connectivity index (χ0v) is 16.6. The second kappa shape index (κ2) is 9.07. The van der Waals surface area contributed by atoms with Crippen LogP contribution in [-0.2, 0) is 0 Å². The van der Waals surface area contributed by atoms with Crippen LogP contribution >= 0.6 is 11.8 Å². The van der Waals surface area contributed by atoms with E-state index in [9.17, 15) is 10.2 Å². The van der Waals surface area contributed by atoms with Gasteiger partial charge in [-0.15, -0.1) is 11.8 Å². The maximum Gasteiger partial charge on any atom is 0.0749 e. The van der Waals surface area contributed by atoms with Gasteiger partial charge in [0.1, 0.15) is 0 Å². The Balaban J connectivity index is 1.52. The fraction of sp³-hybridized carbons (Fsp3) is 0.810. The lowest BCUT2D eigenvalue weighted by atomic mass is 9.89. The molecule has 142 valence electrons. The Morgan fingerprint density at radius 2 is 2.00 bits per heavy atom. The second-order valence-electron chi connectivity index (χ2n) is 8.58. The Bertz CT molecular complexity index is 484. The summed E-state index contributed by atoms with van der Waals surface area (Å²) >= 11 is 1.93. The molecule has 0 aromatic heterocycles. The molecule has 3 saturated carbocycles. The van der Waals surface area contributed by atoms with Crippen molar-refractivity contribution in [3.63, 3.8) is 0 Å². The van der Waals surface area contributed by atoms with Gasteiger partial charge >= 0.3 is 0 Å². The summed E-state index contributed by atoms with van der Waals surface area (Å²) < 4.78 is 0. The summed E-state index contributed by atoms with van der Waals surface area (Å²) in [4.78, 5) is 2.22. The largest absolute Gasteiger partial charge is 0.392 e. The van der Waals surface area contributed by atoms with E-state index in [1.165, 1.54) is 12.8 Å². The van der Waals surface area contributed by atoms with E-state index in [1.54, 1.807) is 5.57 Å². The van der Waals surface area contributed by atoms with Crippen LogP contribution in [0, 0.1) is 23.7 Å². The van der Waals surface area contributed by atoms with Gasteiger partial charge in [0.05, 0.1) is 12.2 Å². The van der Waals surface area contributed by atoms with E-state index in [0.717, 1.165) is 44.4 Å². The first-order valence-corrected chi connectivity index (χ1v) is 11.1.